The second-order valence-corrected chi connectivity index (χ2v) is 6.91. The van der Waals surface area contributed by atoms with Gasteiger partial charge in [-0.1, -0.05) is 0 Å². The molecule has 7 heteroatoms. The molecule has 0 atom stereocenters. The molecule has 1 rings (SSSR count). The van der Waals surface area contributed by atoms with Crippen molar-refractivity contribution in [3.63, 3.8) is 0 Å². The topological polar surface area (TPSA) is 86.7 Å². The van der Waals surface area contributed by atoms with Crippen LogP contribution in [0, 0.1) is 0 Å². The van der Waals surface area contributed by atoms with Crippen LogP contribution in [-0.4, -0.2) is 41.9 Å². The number of nitrogens with one attached hydrogen (secondary N) is 1. The lowest BCUT2D eigenvalue weighted by molar-refractivity contribution is -0.137. The molecule has 100 valence electrons. The maximum atomic E-state index is 12.1. The molecular formula is C10H20N2O4S. The Hall–Kier alpha value is -0.660. The van der Waals surface area contributed by atoms with Gasteiger partial charge in [-0.15, -0.1) is 0 Å². The Morgan fingerprint density at radius 3 is 2.29 bits per heavy atom. The summed E-state index contributed by atoms with van der Waals surface area (Å²) in [6, 6.07) is 0.0229. The molecule has 17 heavy (non-hydrogen) atoms. The van der Waals surface area contributed by atoms with Crippen molar-refractivity contribution in [3.8, 4) is 0 Å². The first kappa shape index (κ1) is 14.4. The Bertz CT molecular complexity index is 382. The van der Waals surface area contributed by atoms with E-state index in [9.17, 15) is 13.2 Å². The van der Waals surface area contributed by atoms with Crippen LogP contribution in [0.2, 0.25) is 0 Å². The summed E-state index contributed by atoms with van der Waals surface area (Å²) in [5.74, 6) is -0.999. The Labute approximate surface area is 102 Å². The van der Waals surface area contributed by atoms with E-state index >= 15 is 0 Å². The van der Waals surface area contributed by atoms with Gasteiger partial charge in [0.05, 0.1) is 6.42 Å². The van der Waals surface area contributed by atoms with Crippen LogP contribution in [-0.2, 0) is 15.0 Å². The van der Waals surface area contributed by atoms with E-state index in [1.54, 1.807) is 20.8 Å². The quantitative estimate of drug-likeness (QED) is 0.734. The van der Waals surface area contributed by atoms with Crippen molar-refractivity contribution >= 4 is 16.2 Å². The zero-order chi connectivity index (χ0) is 13.3. The summed E-state index contributed by atoms with van der Waals surface area (Å²) in [7, 11) is -3.59. The van der Waals surface area contributed by atoms with E-state index < -0.39 is 21.7 Å². The van der Waals surface area contributed by atoms with E-state index in [1.807, 2.05) is 0 Å². The molecule has 0 aromatic carbocycles. The largest absolute Gasteiger partial charge is 0.481 e. The summed E-state index contributed by atoms with van der Waals surface area (Å²) < 4.78 is 27.9. The van der Waals surface area contributed by atoms with Gasteiger partial charge < -0.3 is 5.11 Å². The molecule has 1 aliphatic rings. The predicted molar refractivity (Wildman–Crippen MR) is 63.8 cm³/mol. The van der Waals surface area contributed by atoms with Crippen LogP contribution in [0.15, 0.2) is 0 Å². The minimum atomic E-state index is -3.59. The van der Waals surface area contributed by atoms with E-state index in [0.29, 0.717) is 0 Å². The van der Waals surface area contributed by atoms with E-state index in [4.69, 9.17) is 5.11 Å². The first-order valence-electron chi connectivity index (χ1n) is 5.65. The van der Waals surface area contributed by atoms with Crippen molar-refractivity contribution < 1.29 is 18.3 Å². The van der Waals surface area contributed by atoms with Gasteiger partial charge in [-0.2, -0.15) is 17.4 Å². The summed E-state index contributed by atoms with van der Waals surface area (Å²) >= 11 is 0. The highest BCUT2D eigenvalue weighted by Crippen LogP contribution is 2.24. The summed E-state index contributed by atoms with van der Waals surface area (Å²) in [6.07, 6.45) is 1.52. The molecule has 0 saturated heterocycles. The van der Waals surface area contributed by atoms with Crippen LogP contribution in [0.5, 0.6) is 0 Å². The second-order valence-electron chi connectivity index (χ2n) is 5.28. The highest BCUT2D eigenvalue weighted by molar-refractivity contribution is 7.87. The molecule has 0 bridgehead atoms. The van der Waals surface area contributed by atoms with Crippen LogP contribution < -0.4 is 4.72 Å². The zero-order valence-corrected chi connectivity index (χ0v) is 11.2. The Morgan fingerprint density at radius 1 is 1.41 bits per heavy atom. The minimum absolute atomic E-state index is 0.0130. The highest BCUT2D eigenvalue weighted by atomic mass is 32.2. The molecule has 0 heterocycles. The first-order chi connectivity index (χ1) is 7.63. The zero-order valence-electron chi connectivity index (χ0n) is 10.4. The average molecular weight is 264 g/mol. The molecule has 1 aliphatic carbocycles. The van der Waals surface area contributed by atoms with Crippen molar-refractivity contribution in [1.82, 2.24) is 9.03 Å². The summed E-state index contributed by atoms with van der Waals surface area (Å²) in [5.41, 5.74) is -0.629. The number of carboxylic acids is 1. The van der Waals surface area contributed by atoms with Gasteiger partial charge in [-0.05, 0) is 33.6 Å². The van der Waals surface area contributed by atoms with Gasteiger partial charge in [-0.3, -0.25) is 4.79 Å². The molecule has 2 N–H and O–H groups in total. The Kier molecular flexibility index (Phi) is 4.16. The third kappa shape index (κ3) is 4.61. The SMILES string of the molecule is CC(C)(C)N(CCC(=O)O)S(=O)(=O)NC1CC1. The first-order valence-corrected chi connectivity index (χ1v) is 7.09. The van der Waals surface area contributed by atoms with Crippen molar-refractivity contribution in [1.29, 1.82) is 0 Å². The highest BCUT2D eigenvalue weighted by Gasteiger charge is 2.36. The van der Waals surface area contributed by atoms with Crippen molar-refractivity contribution in [2.24, 2.45) is 0 Å². The smallest absolute Gasteiger partial charge is 0.304 e. The number of hydrogen-bond donors (Lipinski definition) is 2. The van der Waals surface area contributed by atoms with Crippen molar-refractivity contribution in [2.75, 3.05) is 6.54 Å². The molecule has 0 aliphatic heterocycles. The van der Waals surface area contributed by atoms with Gasteiger partial charge >= 0.3 is 5.97 Å². The maximum absolute atomic E-state index is 12.1. The minimum Gasteiger partial charge on any atom is -0.481 e. The molecule has 6 nitrogen and oxygen atoms in total. The van der Waals surface area contributed by atoms with Crippen LogP contribution in [0.3, 0.4) is 0 Å². The summed E-state index contributed by atoms with van der Waals surface area (Å²) in [5, 5.41) is 8.65. The molecular weight excluding hydrogens is 244 g/mol. The van der Waals surface area contributed by atoms with Gasteiger partial charge in [0.1, 0.15) is 0 Å². The molecule has 0 aromatic heterocycles. The fourth-order valence-electron chi connectivity index (χ4n) is 1.49. The Morgan fingerprint density at radius 2 is 1.94 bits per heavy atom. The van der Waals surface area contributed by atoms with E-state index in [-0.39, 0.29) is 19.0 Å². The van der Waals surface area contributed by atoms with Gasteiger partial charge in [0.2, 0.25) is 0 Å². The lowest BCUT2D eigenvalue weighted by Gasteiger charge is -2.34. The van der Waals surface area contributed by atoms with Crippen LogP contribution in [0.1, 0.15) is 40.0 Å². The van der Waals surface area contributed by atoms with E-state index in [2.05, 4.69) is 4.72 Å². The fourth-order valence-corrected chi connectivity index (χ4v) is 3.33. The van der Waals surface area contributed by atoms with Gasteiger partial charge in [-0.25, -0.2) is 0 Å². The van der Waals surface area contributed by atoms with Gasteiger partial charge in [0.25, 0.3) is 10.2 Å². The van der Waals surface area contributed by atoms with E-state index in [0.717, 1.165) is 12.8 Å². The predicted octanol–water partition coefficient (Wildman–Crippen LogP) is 0.558. The van der Waals surface area contributed by atoms with Crippen LogP contribution in [0.25, 0.3) is 0 Å². The molecule has 1 fully saturated rings. The Balaban J connectivity index is 2.77. The van der Waals surface area contributed by atoms with Crippen LogP contribution >= 0.6 is 0 Å². The molecule has 0 unspecified atom stereocenters. The third-order valence-electron chi connectivity index (χ3n) is 2.46. The molecule has 0 amide bonds. The third-order valence-corrected chi connectivity index (χ3v) is 4.40. The average Bonchev–Trinajstić information content (AvgIpc) is 2.83. The lowest BCUT2D eigenvalue weighted by Crippen LogP contribution is -2.51. The van der Waals surface area contributed by atoms with Crippen molar-refractivity contribution in [3.05, 3.63) is 0 Å². The standard InChI is InChI=1S/C10H20N2O4S/c1-10(2,3)12(7-6-9(13)14)17(15,16)11-8-4-5-8/h8,11H,4-7H2,1-3H3,(H,13,14). The molecule has 0 aromatic rings. The maximum Gasteiger partial charge on any atom is 0.304 e. The normalized spacial score (nSPS) is 17.4. The lowest BCUT2D eigenvalue weighted by atomic mass is 10.1. The summed E-state index contributed by atoms with van der Waals surface area (Å²) in [4.78, 5) is 10.6. The van der Waals surface area contributed by atoms with E-state index in [1.165, 1.54) is 4.31 Å². The number of carbonyl (C=O) groups is 1. The molecule has 0 spiro atoms. The number of carboxylic acid groups (broad SMARTS) is 1. The monoisotopic (exact) mass is 264 g/mol. The second kappa shape index (κ2) is 4.91. The van der Waals surface area contributed by atoms with Gasteiger partial charge in [0, 0.05) is 18.1 Å². The van der Waals surface area contributed by atoms with Gasteiger partial charge in [0.15, 0.2) is 0 Å². The van der Waals surface area contributed by atoms with Crippen molar-refractivity contribution in [2.45, 2.75) is 51.6 Å². The number of hydrogen-bond acceptors (Lipinski definition) is 3. The van der Waals surface area contributed by atoms with Crippen LogP contribution in [0.4, 0.5) is 0 Å². The summed E-state index contributed by atoms with van der Waals surface area (Å²) in [6.45, 7) is 5.24. The molecule has 1 saturated carbocycles. The number of nitrogens with zero attached hydrogens (tertiary/aromatic N) is 1. The number of rotatable bonds is 6. The fraction of sp³-hybridized carbons (Fsp3) is 0.900. The number of aliphatic carboxylic acids is 1. The molecule has 0 radical (unpaired) electrons.